The van der Waals surface area contributed by atoms with Crippen molar-refractivity contribution in [1.29, 1.82) is 0 Å². The van der Waals surface area contributed by atoms with Crippen LogP contribution in [0.5, 0.6) is 5.75 Å². The first-order valence-corrected chi connectivity index (χ1v) is 11.2. The number of methoxy groups -OCH3 is 1. The van der Waals surface area contributed by atoms with E-state index in [1.54, 1.807) is 24.1 Å². The molecule has 3 amide bonds. The zero-order valence-electron chi connectivity index (χ0n) is 19.1. The molecule has 33 heavy (non-hydrogen) atoms. The molecule has 0 aliphatic carbocycles. The first-order chi connectivity index (χ1) is 15.9. The fourth-order valence-electron chi connectivity index (χ4n) is 4.61. The summed E-state index contributed by atoms with van der Waals surface area (Å²) < 4.78 is 5.30. The summed E-state index contributed by atoms with van der Waals surface area (Å²) in [7, 11) is 1.54. The highest BCUT2D eigenvalue weighted by Gasteiger charge is 2.54. The normalized spacial score (nSPS) is 21.6. The van der Waals surface area contributed by atoms with Crippen molar-refractivity contribution in [2.24, 2.45) is 5.92 Å². The molecule has 2 aromatic carbocycles. The Morgan fingerprint density at radius 2 is 1.94 bits per heavy atom. The predicted octanol–water partition coefficient (Wildman–Crippen LogP) is 2.91. The first-order valence-electron chi connectivity index (χ1n) is 11.2. The summed E-state index contributed by atoms with van der Waals surface area (Å²) in [4.78, 5) is 29.0. The summed E-state index contributed by atoms with van der Waals surface area (Å²) in [5, 5.41) is 12.8. The van der Waals surface area contributed by atoms with Gasteiger partial charge in [0.05, 0.1) is 31.5 Å². The zero-order valence-corrected chi connectivity index (χ0v) is 19.1. The maximum atomic E-state index is 12.9. The van der Waals surface area contributed by atoms with E-state index in [1.165, 1.54) is 4.90 Å². The Morgan fingerprint density at radius 1 is 1.21 bits per heavy atom. The monoisotopic (exact) mass is 447 g/mol. The van der Waals surface area contributed by atoms with Gasteiger partial charge in [-0.3, -0.25) is 4.79 Å². The molecule has 2 N–H and O–H groups in total. The highest BCUT2D eigenvalue weighted by Crippen LogP contribution is 2.43. The number of rotatable bonds is 4. The average molecular weight is 448 g/mol. The van der Waals surface area contributed by atoms with E-state index in [4.69, 9.17) is 4.74 Å². The van der Waals surface area contributed by atoms with Crippen LogP contribution in [0, 0.1) is 17.8 Å². The minimum Gasteiger partial charge on any atom is -0.495 e. The van der Waals surface area contributed by atoms with Crippen molar-refractivity contribution in [2.45, 2.75) is 31.8 Å². The van der Waals surface area contributed by atoms with Gasteiger partial charge in [0.1, 0.15) is 12.3 Å². The molecule has 2 aliphatic rings. The van der Waals surface area contributed by atoms with E-state index in [-0.39, 0.29) is 43.1 Å². The Kier molecular flexibility index (Phi) is 6.57. The van der Waals surface area contributed by atoms with Crippen molar-refractivity contribution in [3.63, 3.8) is 0 Å². The molecular weight excluding hydrogens is 418 g/mol. The van der Waals surface area contributed by atoms with E-state index in [2.05, 4.69) is 17.2 Å². The number of amides is 3. The molecule has 0 bridgehead atoms. The Labute approximate surface area is 194 Å². The molecule has 3 atom stereocenters. The number of carbonyl (C=O) groups excluding carboxylic acids is 2. The van der Waals surface area contributed by atoms with E-state index in [9.17, 15) is 14.7 Å². The third kappa shape index (κ3) is 4.53. The van der Waals surface area contributed by atoms with Gasteiger partial charge < -0.3 is 25.0 Å². The number of aliphatic hydroxyl groups is 1. The molecular formula is C26H29N3O4. The lowest BCUT2D eigenvalue weighted by atomic mass is 9.73. The number of nitrogens with zero attached hydrogens (tertiary/aromatic N) is 2. The molecule has 0 saturated carbocycles. The average Bonchev–Trinajstić information content (AvgIpc) is 2.80. The van der Waals surface area contributed by atoms with Gasteiger partial charge in [-0.15, -0.1) is 0 Å². The zero-order chi connectivity index (χ0) is 23.5. The SMILES string of the molecule is COc1ccccc1NC(=O)N1CC(=O)N2[C@@H](CO)[C@H](c3ccc(C#CC(C)C)cc3)[C@@H]2C1. The van der Waals surface area contributed by atoms with Crippen molar-refractivity contribution >= 4 is 17.6 Å². The first kappa shape index (κ1) is 22.7. The Hall–Kier alpha value is -3.50. The second-order valence-electron chi connectivity index (χ2n) is 8.70. The highest BCUT2D eigenvalue weighted by atomic mass is 16.5. The van der Waals surface area contributed by atoms with E-state index >= 15 is 0 Å². The smallest absolute Gasteiger partial charge is 0.322 e. The van der Waals surface area contributed by atoms with Gasteiger partial charge in [-0.05, 0) is 29.8 Å². The summed E-state index contributed by atoms with van der Waals surface area (Å²) >= 11 is 0. The number of anilines is 1. The van der Waals surface area contributed by atoms with E-state index in [1.807, 2.05) is 50.2 Å². The quantitative estimate of drug-likeness (QED) is 0.706. The largest absolute Gasteiger partial charge is 0.495 e. The molecule has 0 radical (unpaired) electrons. The fourth-order valence-corrected chi connectivity index (χ4v) is 4.61. The van der Waals surface area contributed by atoms with E-state index in [0.29, 0.717) is 23.9 Å². The standard InChI is InChI=1S/C26H29N3O4/c1-17(2)8-9-18-10-12-19(13-11-18)25-21-14-28(15-24(31)29(21)22(25)16-30)26(32)27-20-6-4-5-7-23(20)33-3/h4-7,10-13,17,21-22,25,30H,14-16H2,1-3H3,(H,27,32)/t21-,22-,25+/m0/s1. The predicted molar refractivity (Wildman–Crippen MR) is 126 cm³/mol. The number of ether oxygens (including phenoxy) is 1. The van der Waals surface area contributed by atoms with E-state index in [0.717, 1.165) is 11.1 Å². The minimum atomic E-state index is -0.349. The molecule has 2 aliphatic heterocycles. The fraction of sp³-hybridized carbons (Fsp3) is 0.385. The molecule has 172 valence electrons. The van der Waals surface area contributed by atoms with E-state index < -0.39 is 0 Å². The number of nitrogens with one attached hydrogen (secondary N) is 1. The highest BCUT2D eigenvalue weighted by molar-refractivity contribution is 5.94. The van der Waals surface area contributed by atoms with Crippen LogP contribution < -0.4 is 10.1 Å². The minimum absolute atomic E-state index is 0.0234. The van der Waals surface area contributed by atoms with Gasteiger partial charge >= 0.3 is 6.03 Å². The van der Waals surface area contributed by atoms with Gasteiger partial charge in [-0.25, -0.2) is 4.79 Å². The van der Waals surface area contributed by atoms with Gasteiger partial charge in [0.25, 0.3) is 0 Å². The molecule has 0 aromatic heterocycles. The molecule has 7 nitrogen and oxygen atoms in total. The van der Waals surface area contributed by atoms with Crippen LogP contribution in [0.25, 0.3) is 0 Å². The van der Waals surface area contributed by atoms with Crippen molar-refractivity contribution in [2.75, 3.05) is 32.1 Å². The maximum absolute atomic E-state index is 12.9. The van der Waals surface area contributed by atoms with Crippen LogP contribution in [0.4, 0.5) is 10.5 Å². The Balaban J connectivity index is 1.51. The van der Waals surface area contributed by atoms with Gasteiger partial charge in [0.15, 0.2) is 0 Å². The third-order valence-corrected chi connectivity index (χ3v) is 6.19. The van der Waals surface area contributed by atoms with Crippen LogP contribution in [-0.4, -0.2) is 65.7 Å². The Morgan fingerprint density at radius 3 is 2.61 bits per heavy atom. The number of fused-ring (bicyclic) bond motifs is 1. The van der Waals surface area contributed by atoms with Crippen LogP contribution in [0.3, 0.4) is 0 Å². The number of aliphatic hydroxyl groups excluding tert-OH is 1. The molecule has 4 rings (SSSR count). The van der Waals surface area contributed by atoms with Crippen molar-refractivity contribution in [1.82, 2.24) is 9.80 Å². The molecule has 0 spiro atoms. The van der Waals surface area contributed by atoms with Crippen molar-refractivity contribution in [3.05, 3.63) is 59.7 Å². The molecule has 2 saturated heterocycles. The van der Waals surface area contributed by atoms with Gasteiger partial charge in [0, 0.05) is 23.9 Å². The number of hydrogen-bond donors (Lipinski definition) is 2. The molecule has 2 fully saturated rings. The number of urea groups is 1. The van der Waals surface area contributed by atoms with Crippen LogP contribution in [0.1, 0.15) is 30.9 Å². The lowest BCUT2D eigenvalue weighted by Crippen LogP contribution is -2.73. The van der Waals surface area contributed by atoms with Crippen LogP contribution in [0.15, 0.2) is 48.5 Å². The molecule has 0 unspecified atom stereocenters. The molecule has 7 heteroatoms. The summed E-state index contributed by atoms with van der Waals surface area (Å²) in [5.74, 6) is 6.95. The second-order valence-corrected chi connectivity index (χ2v) is 8.70. The number of piperazine rings is 1. The lowest BCUT2D eigenvalue weighted by molar-refractivity contribution is -0.159. The van der Waals surface area contributed by atoms with Crippen molar-refractivity contribution in [3.8, 4) is 17.6 Å². The maximum Gasteiger partial charge on any atom is 0.322 e. The summed E-state index contributed by atoms with van der Waals surface area (Å²) in [6, 6.07) is 14.3. The number of benzene rings is 2. The summed E-state index contributed by atoms with van der Waals surface area (Å²) in [6.45, 7) is 4.35. The van der Waals surface area contributed by atoms with Gasteiger partial charge in [-0.1, -0.05) is 50.0 Å². The van der Waals surface area contributed by atoms with Gasteiger partial charge in [0.2, 0.25) is 5.91 Å². The third-order valence-electron chi connectivity index (χ3n) is 6.19. The van der Waals surface area contributed by atoms with Crippen LogP contribution in [0.2, 0.25) is 0 Å². The molecule has 2 aromatic rings. The van der Waals surface area contributed by atoms with Crippen LogP contribution in [-0.2, 0) is 4.79 Å². The van der Waals surface area contributed by atoms with Crippen LogP contribution >= 0.6 is 0 Å². The summed E-state index contributed by atoms with van der Waals surface area (Å²) in [6.07, 6.45) is 0. The number of carbonyl (C=O) groups is 2. The topological polar surface area (TPSA) is 82.1 Å². The van der Waals surface area contributed by atoms with Crippen molar-refractivity contribution < 1.29 is 19.4 Å². The lowest BCUT2D eigenvalue weighted by Gasteiger charge is -2.58. The summed E-state index contributed by atoms with van der Waals surface area (Å²) in [5.41, 5.74) is 2.52. The second kappa shape index (κ2) is 9.55. The number of para-hydroxylation sites is 2. The van der Waals surface area contributed by atoms with Gasteiger partial charge in [-0.2, -0.15) is 0 Å². The number of hydrogen-bond acceptors (Lipinski definition) is 4. The molecule has 2 heterocycles. The Bertz CT molecular complexity index is 1090.